The van der Waals surface area contributed by atoms with Crippen molar-refractivity contribution >= 4 is 0 Å². The molecule has 1 aliphatic heterocycles. The van der Waals surface area contributed by atoms with Gasteiger partial charge in [0.1, 0.15) is 0 Å². The third kappa shape index (κ3) is 4.04. The summed E-state index contributed by atoms with van der Waals surface area (Å²) in [6.45, 7) is 5.86. The van der Waals surface area contributed by atoms with Crippen LogP contribution in [0.25, 0.3) is 0 Å². The van der Waals surface area contributed by atoms with Gasteiger partial charge in [-0.05, 0) is 20.5 Å². The molecule has 0 amide bonds. The lowest BCUT2D eigenvalue weighted by molar-refractivity contribution is 0.225. The Labute approximate surface area is 81.1 Å². The Morgan fingerprint density at radius 3 is 2.38 bits per heavy atom. The number of nitrogens with zero attached hydrogens (tertiary/aromatic N) is 1. The molecule has 0 aromatic rings. The topological polar surface area (TPSA) is 39.3 Å². The molecule has 3 N–H and O–H groups in total. The summed E-state index contributed by atoms with van der Waals surface area (Å²) in [7, 11) is 4.00. The van der Waals surface area contributed by atoms with Crippen LogP contribution in [0.4, 0.5) is 0 Å². The number of piperazine rings is 1. The van der Waals surface area contributed by atoms with Gasteiger partial charge in [-0.15, -0.1) is 0 Å². The smallest absolute Gasteiger partial charge is 0.0579 e. The van der Waals surface area contributed by atoms with Crippen LogP contribution in [0.15, 0.2) is 0 Å². The fourth-order valence-corrected chi connectivity index (χ4v) is 1.68. The van der Waals surface area contributed by atoms with Crippen molar-refractivity contribution in [1.82, 2.24) is 20.9 Å². The molecule has 1 aliphatic rings. The zero-order valence-electron chi connectivity index (χ0n) is 8.77. The Hall–Kier alpha value is -0.160. The van der Waals surface area contributed by atoms with Crippen LogP contribution in [0.3, 0.4) is 0 Å². The summed E-state index contributed by atoms with van der Waals surface area (Å²) < 4.78 is 0. The molecule has 78 valence electrons. The minimum atomic E-state index is 0.454. The Bertz CT molecular complexity index is 119. The molecule has 4 heteroatoms. The van der Waals surface area contributed by atoms with E-state index in [0.717, 1.165) is 13.1 Å². The van der Waals surface area contributed by atoms with E-state index < -0.39 is 0 Å². The summed E-state index contributed by atoms with van der Waals surface area (Å²) in [5.41, 5.74) is 0. The highest BCUT2D eigenvalue weighted by atomic mass is 15.2. The molecular weight excluding hydrogens is 164 g/mol. The van der Waals surface area contributed by atoms with Crippen molar-refractivity contribution in [3.63, 3.8) is 0 Å². The van der Waals surface area contributed by atoms with Gasteiger partial charge in [-0.3, -0.25) is 0 Å². The van der Waals surface area contributed by atoms with E-state index in [1.165, 1.54) is 26.1 Å². The summed E-state index contributed by atoms with van der Waals surface area (Å²) in [6.07, 6.45) is 1.63. The van der Waals surface area contributed by atoms with Crippen molar-refractivity contribution in [3.8, 4) is 0 Å². The number of rotatable bonds is 5. The Balaban J connectivity index is 2.09. The van der Waals surface area contributed by atoms with E-state index in [0.29, 0.717) is 6.17 Å². The standard InChI is InChI=1S/C9H22N4/c1-10-9(11-2)3-6-13-7-4-12-5-8-13/h9-12H,3-8H2,1-2H3. The maximum atomic E-state index is 3.36. The highest BCUT2D eigenvalue weighted by molar-refractivity contribution is 4.69. The molecule has 0 unspecified atom stereocenters. The van der Waals surface area contributed by atoms with Crippen LogP contribution in [0.2, 0.25) is 0 Å². The van der Waals surface area contributed by atoms with Crippen molar-refractivity contribution < 1.29 is 0 Å². The first-order valence-corrected chi connectivity index (χ1v) is 5.14. The second-order valence-corrected chi connectivity index (χ2v) is 3.51. The number of hydrogen-bond acceptors (Lipinski definition) is 4. The molecule has 1 heterocycles. The first kappa shape index (κ1) is 10.9. The summed E-state index contributed by atoms with van der Waals surface area (Å²) in [4.78, 5) is 2.51. The quantitative estimate of drug-likeness (QED) is 0.484. The van der Waals surface area contributed by atoms with Crippen LogP contribution in [0, 0.1) is 0 Å². The molecule has 0 aromatic heterocycles. The summed E-state index contributed by atoms with van der Waals surface area (Å²) in [5.74, 6) is 0. The van der Waals surface area contributed by atoms with Crippen LogP contribution >= 0.6 is 0 Å². The van der Waals surface area contributed by atoms with E-state index in [1.54, 1.807) is 0 Å². The second kappa shape index (κ2) is 6.32. The van der Waals surface area contributed by atoms with Crippen LogP contribution < -0.4 is 16.0 Å². The zero-order valence-corrected chi connectivity index (χ0v) is 8.77. The van der Waals surface area contributed by atoms with Crippen LogP contribution in [-0.2, 0) is 0 Å². The van der Waals surface area contributed by atoms with Gasteiger partial charge in [0.2, 0.25) is 0 Å². The maximum absolute atomic E-state index is 3.36. The van der Waals surface area contributed by atoms with Crippen molar-refractivity contribution in [1.29, 1.82) is 0 Å². The van der Waals surface area contributed by atoms with Gasteiger partial charge in [0.25, 0.3) is 0 Å². The molecule has 4 nitrogen and oxygen atoms in total. The first-order valence-electron chi connectivity index (χ1n) is 5.14. The average molecular weight is 186 g/mol. The monoisotopic (exact) mass is 186 g/mol. The lowest BCUT2D eigenvalue weighted by Gasteiger charge is -2.28. The van der Waals surface area contributed by atoms with Gasteiger partial charge in [0, 0.05) is 32.7 Å². The number of nitrogens with one attached hydrogen (secondary N) is 3. The molecule has 0 aromatic carbocycles. The van der Waals surface area contributed by atoms with Crippen molar-refractivity contribution in [2.24, 2.45) is 0 Å². The second-order valence-electron chi connectivity index (χ2n) is 3.51. The predicted molar refractivity (Wildman–Crippen MR) is 55.8 cm³/mol. The average Bonchev–Trinajstić information content (AvgIpc) is 2.21. The van der Waals surface area contributed by atoms with Crippen molar-refractivity contribution in [3.05, 3.63) is 0 Å². The Morgan fingerprint density at radius 2 is 1.85 bits per heavy atom. The maximum Gasteiger partial charge on any atom is 0.0579 e. The lowest BCUT2D eigenvalue weighted by atomic mass is 10.3. The van der Waals surface area contributed by atoms with Gasteiger partial charge in [-0.25, -0.2) is 0 Å². The molecule has 1 saturated heterocycles. The zero-order chi connectivity index (χ0) is 9.52. The Morgan fingerprint density at radius 1 is 1.23 bits per heavy atom. The molecule has 0 saturated carbocycles. The van der Waals surface area contributed by atoms with Gasteiger partial charge in [-0.2, -0.15) is 0 Å². The van der Waals surface area contributed by atoms with E-state index in [4.69, 9.17) is 0 Å². The van der Waals surface area contributed by atoms with E-state index in [-0.39, 0.29) is 0 Å². The summed E-state index contributed by atoms with van der Waals surface area (Å²) >= 11 is 0. The van der Waals surface area contributed by atoms with E-state index in [9.17, 15) is 0 Å². The fourth-order valence-electron chi connectivity index (χ4n) is 1.68. The van der Waals surface area contributed by atoms with Crippen LogP contribution in [0.1, 0.15) is 6.42 Å². The molecule has 1 fully saturated rings. The molecule has 13 heavy (non-hydrogen) atoms. The van der Waals surface area contributed by atoms with Gasteiger partial charge in [-0.1, -0.05) is 0 Å². The molecule has 0 atom stereocenters. The van der Waals surface area contributed by atoms with Crippen molar-refractivity contribution in [2.45, 2.75) is 12.6 Å². The lowest BCUT2D eigenvalue weighted by Crippen LogP contribution is -2.46. The van der Waals surface area contributed by atoms with E-state index >= 15 is 0 Å². The van der Waals surface area contributed by atoms with Gasteiger partial charge in [0.05, 0.1) is 6.17 Å². The van der Waals surface area contributed by atoms with Crippen LogP contribution in [0.5, 0.6) is 0 Å². The molecule has 1 rings (SSSR count). The first-order chi connectivity index (χ1) is 6.36. The molecular formula is C9H22N4. The molecule has 0 spiro atoms. The minimum Gasteiger partial charge on any atom is -0.314 e. The molecule has 0 bridgehead atoms. The molecule has 0 aliphatic carbocycles. The number of hydrogen-bond donors (Lipinski definition) is 3. The van der Waals surface area contributed by atoms with Crippen molar-refractivity contribution in [2.75, 3.05) is 46.8 Å². The van der Waals surface area contributed by atoms with Gasteiger partial charge in [0.15, 0.2) is 0 Å². The Kier molecular flexibility index (Phi) is 5.31. The molecule has 0 radical (unpaired) electrons. The van der Waals surface area contributed by atoms with Gasteiger partial charge >= 0.3 is 0 Å². The van der Waals surface area contributed by atoms with E-state index in [2.05, 4.69) is 20.9 Å². The van der Waals surface area contributed by atoms with Crippen LogP contribution in [-0.4, -0.2) is 57.9 Å². The third-order valence-corrected chi connectivity index (χ3v) is 2.64. The predicted octanol–water partition coefficient (Wildman–Crippen LogP) is -0.953. The third-order valence-electron chi connectivity index (χ3n) is 2.64. The van der Waals surface area contributed by atoms with Gasteiger partial charge < -0.3 is 20.9 Å². The normalized spacial score (nSPS) is 19.6. The van der Waals surface area contributed by atoms with E-state index in [1.807, 2.05) is 14.1 Å². The highest BCUT2D eigenvalue weighted by Crippen LogP contribution is 1.95. The minimum absolute atomic E-state index is 0.454. The summed E-state index contributed by atoms with van der Waals surface area (Å²) in [5, 5.41) is 9.83. The fraction of sp³-hybridized carbons (Fsp3) is 1.00. The highest BCUT2D eigenvalue weighted by Gasteiger charge is 2.10. The largest absolute Gasteiger partial charge is 0.314 e. The summed E-state index contributed by atoms with van der Waals surface area (Å²) in [6, 6.07) is 0. The SMILES string of the molecule is CNC(CCN1CCNCC1)NC.